The van der Waals surface area contributed by atoms with Gasteiger partial charge in [0.15, 0.2) is 0 Å². The maximum Gasteiger partial charge on any atom is 0.211 e. The normalized spacial score (nSPS) is 12.0. The van der Waals surface area contributed by atoms with Gasteiger partial charge in [0.2, 0.25) is 6.41 Å². The van der Waals surface area contributed by atoms with Crippen molar-refractivity contribution in [2.24, 2.45) is 0 Å². The van der Waals surface area contributed by atoms with Gasteiger partial charge in [-0.05, 0) is 19.9 Å². The van der Waals surface area contributed by atoms with Crippen LogP contribution in [0.2, 0.25) is 0 Å². The van der Waals surface area contributed by atoms with Crippen LogP contribution in [0.4, 0.5) is 0 Å². The third-order valence-corrected chi connectivity index (χ3v) is 0.825. The summed E-state index contributed by atoms with van der Waals surface area (Å²) in [6.45, 7) is 3.75. The number of amides is 1. The predicted octanol–water partition coefficient (Wildman–Crippen LogP) is 1.21. The van der Waals surface area contributed by atoms with Crippen LogP contribution < -0.4 is 5.32 Å². The van der Waals surface area contributed by atoms with Crippen LogP contribution in [-0.4, -0.2) is 6.41 Å². The smallest absolute Gasteiger partial charge is 0.211 e. The zero-order valence-corrected chi connectivity index (χ0v) is 5.72. The Morgan fingerprint density at radius 1 is 1.56 bits per heavy atom. The standard InChI is InChI=1S/C7H11NO/c1-3-4-5-7(2)8-6-9/h3-6H,1-2H3,(H,8,9)/b4-3-,7-5?. The van der Waals surface area contributed by atoms with Gasteiger partial charge in [-0.2, -0.15) is 0 Å². The second-order valence-corrected chi connectivity index (χ2v) is 1.64. The van der Waals surface area contributed by atoms with Crippen molar-refractivity contribution in [2.75, 3.05) is 0 Å². The molecule has 0 aliphatic carbocycles. The Morgan fingerprint density at radius 3 is 2.67 bits per heavy atom. The maximum absolute atomic E-state index is 9.80. The molecule has 0 heterocycles. The molecule has 0 aliphatic heterocycles. The molecule has 0 atom stereocenters. The lowest BCUT2D eigenvalue weighted by Crippen LogP contribution is -2.05. The molecular formula is C7H11NO. The summed E-state index contributed by atoms with van der Waals surface area (Å²) >= 11 is 0. The van der Waals surface area contributed by atoms with Crippen molar-refractivity contribution < 1.29 is 4.79 Å². The van der Waals surface area contributed by atoms with E-state index in [0.29, 0.717) is 6.41 Å². The van der Waals surface area contributed by atoms with E-state index in [1.807, 2.05) is 32.1 Å². The van der Waals surface area contributed by atoms with E-state index in [9.17, 15) is 4.79 Å². The van der Waals surface area contributed by atoms with Crippen LogP contribution in [0, 0.1) is 0 Å². The summed E-state index contributed by atoms with van der Waals surface area (Å²) in [6.07, 6.45) is 6.26. The molecule has 0 aromatic carbocycles. The van der Waals surface area contributed by atoms with Crippen LogP contribution in [0.5, 0.6) is 0 Å². The Bertz CT molecular complexity index is 136. The molecule has 1 N–H and O–H groups in total. The van der Waals surface area contributed by atoms with Gasteiger partial charge >= 0.3 is 0 Å². The van der Waals surface area contributed by atoms with E-state index in [2.05, 4.69) is 5.32 Å². The van der Waals surface area contributed by atoms with E-state index in [4.69, 9.17) is 0 Å². The highest BCUT2D eigenvalue weighted by Crippen LogP contribution is 1.84. The van der Waals surface area contributed by atoms with Gasteiger partial charge in [0.25, 0.3) is 0 Å². The molecule has 0 aliphatic rings. The van der Waals surface area contributed by atoms with Gasteiger partial charge in [0.1, 0.15) is 0 Å². The molecule has 0 radical (unpaired) electrons. The molecule has 0 saturated heterocycles. The second kappa shape index (κ2) is 5.09. The lowest BCUT2D eigenvalue weighted by Gasteiger charge is -1.91. The molecular weight excluding hydrogens is 114 g/mol. The van der Waals surface area contributed by atoms with Gasteiger partial charge in [0, 0.05) is 5.70 Å². The first kappa shape index (κ1) is 7.95. The van der Waals surface area contributed by atoms with Crippen LogP contribution in [0.25, 0.3) is 0 Å². The summed E-state index contributed by atoms with van der Waals surface area (Å²) in [7, 11) is 0. The molecule has 0 unspecified atom stereocenters. The van der Waals surface area contributed by atoms with E-state index in [0.717, 1.165) is 5.70 Å². The molecule has 0 bridgehead atoms. The Hall–Kier alpha value is -1.05. The zero-order valence-electron chi connectivity index (χ0n) is 5.72. The van der Waals surface area contributed by atoms with Crippen molar-refractivity contribution in [2.45, 2.75) is 13.8 Å². The molecule has 0 spiro atoms. The maximum atomic E-state index is 9.80. The highest BCUT2D eigenvalue weighted by atomic mass is 16.1. The fraction of sp³-hybridized carbons (Fsp3) is 0.286. The first-order valence-electron chi connectivity index (χ1n) is 2.81. The van der Waals surface area contributed by atoms with Crippen molar-refractivity contribution in [1.29, 1.82) is 0 Å². The molecule has 0 aromatic rings. The third-order valence-electron chi connectivity index (χ3n) is 0.825. The first-order valence-corrected chi connectivity index (χ1v) is 2.81. The van der Waals surface area contributed by atoms with E-state index >= 15 is 0 Å². The highest BCUT2D eigenvalue weighted by Gasteiger charge is 1.77. The van der Waals surface area contributed by atoms with Crippen molar-refractivity contribution in [3.8, 4) is 0 Å². The summed E-state index contributed by atoms with van der Waals surface area (Å²) < 4.78 is 0. The summed E-state index contributed by atoms with van der Waals surface area (Å²) in [5, 5.41) is 2.51. The molecule has 1 amide bonds. The van der Waals surface area contributed by atoms with Gasteiger partial charge < -0.3 is 5.32 Å². The Kier molecular flexibility index (Phi) is 4.50. The van der Waals surface area contributed by atoms with E-state index in [1.54, 1.807) is 0 Å². The van der Waals surface area contributed by atoms with Crippen molar-refractivity contribution >= 4 is 6.41 Å². The summed E-state index contributed by atoms with van der Waals surface area (Å²) in [5.41, 5.74) is 0.850. The lowest BCUT2D eigenvalue weighted by molar-refractivity contribution is -0.108. The Morgan fingerprint density at radius 2 is 2.22 bits per heavy atom. The van der Waals surface area contributed by atoms with E-state index < -0.39 is 0 Å². The highest BCUT2D eigenvalue weighted by molar-refractivity contribution is 5.49. The minimum Gasteiger partial charge on any atom is -0.333 e. The van der Waals surface area contributed by atoms with Gasteiger partial charge in [-0.15, -0.1) is 0 Å². The zero-order chi connectivity index (χ0) is 7.11. The number of hydrogen-bond donors (Lipinski definition) is 1. The second-order valence-electron chi connectivity index (χ2n) is 1.64. The van der Waals surface area contributed by atoms with Crippen LogP contribution in [0.15, 0.2) is 23.9 Å². The molecule has 50 valence electrons. The minimum absolute atomic E-state index is 0.662. The lowest BCUT2D eigenvalue weighted by atomic mass is 10.4. The minimum atomic E-state index is 0.662. The number of carbonyl (C=O) groups excluding carboxylic acids is 1. The number of carbonyl (C=O) groups is 1. The summed E-state index contributed by atoms with van der Waals surface area (Å²) in [5.74, 6) is 0. The van der Waals surface area contributed by atoms with Crippen molar-refractivity contribution in [3.05, 3.63) is 23.9 Å². The predicted molar refractivity (Wildman–Crippen MR) is 37.8 cm³/mol. The van der Waals surface area contributed by atoms with Crippen molar-refractivity contribution in [3.63, 3.8) is 0 Å². The Balaban J connectivity index is 3.68. The number of hydrogen-bond acceptors (Lipinski definition) is 1. The largest absolute Gasteiger partial charge is 0.333 e. The van der Waals surface area contributed by atoms with E-state index in [-0.39, 0.29) is 0 Å². The van der Waals surface area contributed by atoms with Crippen LogP contribution in [0.3, 0.4) is 0 Å². The van der Waals surface area contributed by atoms with Crippen molar-refractivity contribution in [1.82, 2.24) is 5.32 Å². The quantitative estimate of drug-likeness (QED) is 0.446. The first-order chi connectivity index (χ1) is 4.31. The molecule has 0 fully saturated rings. The molecule has 0 aromatic heterocycles. The van der Waals surface area contributed by atoms with Crippen LogP contribution in [-0.2, 0) is 4.79 Å². The third kappa shape index (κ3) is 4.81. The van der Waals surface area contributed by atoms with Crippen LogP contribution >= 0.6 is 0 Å². The molecule has 0 saturated carbocycles. The number of allylic oxidation sites excluding steroid dienone is 4. The average Bonchev–Trinajstić information content (AvgIpc) is 1.85. The molecule has 9 heavy (non-hydrogen) atoms. The number of rotatable bonds is 3. The fourth-order valence-corrected chi connectivity index (χ4v) is 0.382. The van der Waals surface area contributed by atoms with Gasteiger partial charge in [-0.3, -0.25) is 4.79 Å². The summed E-state index contributed by atoms with van der Waals surface area (Å²) in [4.78, 5) is 9.80. The average molecular weight is 125 g/mol. The van der Waals surface area contributed by atoms with Gasteiger partial charge in [0.05, 0.1) is 0 Å². The molecule has 2 nitrogen and oxygen atoms in total. The summed E-state index contributed by atoms with van der Waals surface area (Å²) in [6, 6.07) is 0. The monoisotopic (exact) mass is 125 g/mol. The van der Waals surface area contributed by atoms with Gasteiger partial charge in [-0.25, -0.2) is 0 Å². The number of nitrogens with one attached hydrogen (secondary N) is 1. The fourth-order valence-electron chi connectivity index (χ4n) is 0.382. The SMILES string of the molecule is C/C=C\C=C(C)NC=O. The molecule has 2 heteroatoms. The van der Waals surface area contributed by atoms with Gasteiger partial charge in [-0.1, -0.05) is 12.2 Å². The topological polar surface area (TPSA) is 29.1 Å². The van der Waals surface area contributed by atoms with E-state index in [1.165, 1.54) is 0 Å². The molecule has 0 rings (SSSR count). The van der Waals surface area contributed by atoms with Crippen LogP contribution in [0.1, 0.15) is 13.8 Å². The Labute approximate surface area is 55.3 Å².